The summed E-state index contributed by atoms with van der Waals surface area (Å²) in [6.45, 7) is 9.42. The molecule has 0 unspecified atom stereocenters. The highest BCUT2D eigenvalue weighted by atomic mass is 16.5. The van der Waals surface area contributed by atoms with Gasteiger partial charge in [0.1, 0.15) is 11.4 Å². The molecule has 0 saturated carbocycles. The fraction of sp³-hybridized carbons (Fsp3) is 0.333. The van der Waals surface area contributed by atoms with E-state index in [2.05, 4.69) is 0 Å². The van der Waals surface area contributed by atoms with Crippen LogP contribution in [-0.2, 0) is 16.1 Å². The number of carbonyl (C=O) groups excluding carboxylic acids is 2. The van der Waals surface area contributed by atoms with E-state index in [4.69, 9.17) is 4.74 Å². The number of ether oxygens (including phenoxy) is 1. The molecule has 2 aromatic rings. The van der Waals surface area contributed by atoms with Crippen molar-refractivity contribution in [2.24, 2.45) is 0 Å². The van der Waals surface area contributed by atoms with Gasteiger partial charge in [-0.2, -0.15) is 0 Å². The van der Waals surface area contributed by atoms with E-state index in [-0.39, 0.29) is 17.9 Å². The first-order valence-corrected chi connectivity index (χ1v) is 10.1. The van der Waals surface area contributed by atoms with Crippen LogP contribution in [0, 0.1) is 0 Å². The number of carbonyl (C=O) groups is 2. The van der Waals surface area contributed by atoms with Gasteiger partial charge >= 0.3 is 0 Å². The van der Waals surface area contributed by atoms with E-state index in [9.17, 15) is 9.59 Å². The number of benzene rings is 2. The Morgan fingerprint density at radius 3 is 2.14 bits per heavy atom. The number of hydrogen-bond acceptors (Lipinski definition) is 4. The van der Waals surface area contributed by atoms with Crippen LogP contribution in [0.3, 0.4) is 0 Å². The summed E-state index contributed by atoms with van der Waals surface area (Å²) in [6.07, 6.45) is 0. The highest BCUT2D eigenvalue weighted by Gasteiger charge is 2.42. The number of rotatable bonds is 8. The van der Waals surface area contributed by atoms with Crippen LogP contribution in [0.5, 0.6) is 5.75 Å². The summed E-state index contributed by atoms with van der Waals surface area (Å²) >= 11 is 0. The maximum Gasteiger partial charge on any atom is 0.278 e. The van der Waals surface area contributed by atoms with Gasteiger partial charge in [0, 0.05) is 19.1 Å². The normalized spacial score (nSPS) is 14.2. The summed E-state index contributed by atoms with van der Waals surface area (Å²) in [5, 5.41) is 0. The molecule has 1 heterocycles. The first-order chi connectivity index (χ1) is 14.0. The Morgan fingerprint density at radius 1 is 0.931 bits per heavy atom. The van der Waals surface area contributed by atoms with E-state index in [0.717, 1.165) is 16.9 Å². The minimum Gasteiger partial charge on any atom is -0.494 e. The molecule has 0 atom stereocenters. The van der Waals surface area contributed by atoms with Crippen molar-refractivity contribution in [3.8, 4) is 5.75 Å². The molecule has 5 nitrogen and oxygen atoms in total. The van der Waals surface area contributed by atoms with Crippen molar-refractivity contribution in [1.82, 2.24) is 9.80 Å². The highest BCUT2D eigenvalue weighted by molar-refractivity contribution is 6.35. The van der Waals surface area contributed by atoms with Gasteiger partial charge in [-0.1, -0.05) is 42.5 Å². The Bertz CT molecular complexity index is 901. The first kappa shape index (κ1) is 20.6. The minimum atomic E-state index is -0.240. The Hall–Kier alpha value is -3.08. The molecule has 1 aliphatic heterocycles. The second-order valence-corrected chi connectivity index (χ2v) is 7.25. The van der Waals surface area contributed by atoms with Crippen LogP contribution in [0.15, 0.2) is 60.3 Å². The summed E-state index contributed by atoms with van der Waals surface area (Å²) in [5.41, 5.74) is 2.76. The molecule has 152 valence electrons. The molecule has 3 rings (SSSR count). The molecule has 0 aliphatic carbocycles. The van der Waals surface area contributed by atoms with E-state index in [0.29, 0.717) is 31.0 Å². The van der Waals surface area contributed by atoms with Crippen molar-refractivity contribution < 1.29 is 14.3 Å². The molecule has 2 aromatic carbocycles. The fourth-order valence-corrected chi connectivity index (χ4v) is 3.59. The lowest BCUT2D eigenvalue weighted by molar-refractivity contribution is -0.139. The zero-order valence-electron chi connectivity index (χ0n) is 17.5. The quantitative estimate of drug-likeness (QED) is 0.635. The lowest BCUT2D eigenvalue weighted by Crippen LogP contribution is -2.39. The summed E-state index contributed by atoms with van der Waals surface area (Å²) in [7, 11) is 0. The van der Waals surface area contributed by atoms with Gasteiger partial charge < -0.3 is 9.64 Å². The van der Waals surface area contributed by atoms with Gasteiger partial charge in [-0.05, 0) is 51.0 Å². The van der Waals surface area contributed by atoms with Gasteiger partial charge in [-0.3, -0.25) is 14.5 Å². The second kappa shape index (κ2) is 8.95. The van der Waals surface area contributed by atoms with Crippen LogP contribution in [0.4, 0.5) is 0 Å². The summed E-state index contributed by atoms with van der Waals surface area (Å²) in [6, 6.07) is 17.2. The summed E-state index contributed by atoms with van der Waals surface area (Å²) in [4.78, 5) is 29.9. The SMILES string of the molecule is CCOc1ccc(C2=C(N(CC)Cc3ccccc3)C(=O)N(C(C)C)C2=O)cc1. The molecule has 0 fully saturated rings. The molecule has 5 heteroatoms. The van der Waals surface area contributed by atoms with Crippen molar-refractivity contribution in [2.75, 3.05) is 13.2 Å². The third kappa shape index (κ3) is 4.19. The van der Waals surface area contributed by atoms with Crippen molar-refractivity contribution in [1.29, 1.82) is 0 Å². The average molecular weight is 392 g/mol. The topological polar surface area (TPSA) is 49.9 Å². The largest absolute Gasteiger partial charge is 0.494 e. The van der Waals surface area contributed by atoms with Gasteiger partial charge in [0.05, 0.1) is 12.2 Å². The lowest BCUT2D eigenvalue weighted by atomic mass is 10.0. The molecule has 2 amide bonds. The zero-order valence-corrected chi connectivity index (χ0v) is 17.5. The van der Waals surface area contributed by atoms with Crippen LogP contribution in [0.2, 0.25) is 0 Å². The van der Waals surface area contributed by atoms with Gasteiger partial charge in [0.15, 0.2) is 0 Å². The van der Waals surface area contributed by atoms with Crippen molar-refractivity contribution in [3.63, 3.8) is 0 Å². The average Bonchev–Trinajstić information content (AvgIpc) is 2.98. The minimum absolute atomic E-state index is 0.208. The van der Waals surface area contributed by atoms with Gasteiger partial charge in [-0.25, -0.2) is 0 Å². The predicted molar refractivity (Wildman–Crippen MR) is 114 cm³/mol. The number of likely N-dealkylation sites (N-methyl/N-ethyl adjacent to an activating group) is 1. The first-order valence-electron chi connectivity index (χ1n) is 10.1. The molecule has 1 aliphatic rings. The third-order valence-corrected chi connectivity index (χ3v) is 4.98. The summed E-state index contributed by atoms with van der Waals surface area (Å²) in [5.74, 6) is 0.273. The Morgan fingerprint density at radius 2 is 1.59 bits per heavy atom. The maximum atomic E-state index is 13.3. The molecule has 0 aromatic heterocycles. The van der Waals surface area contributed by atoms with E-state index in [1.807, 2.05) is 87.2 Å². The molecular formula is C24H28N2O3. The Labute approximate surface area is 172 Å². The second-order valence-electron chi connectivity index (χ2n) is 7.25. The molecule has 29 heavy (non-hydrogen) atoms. The van der Waals surface area contributed by atoms with E-state index in [1.54, 1.807) is 0 Å². The summed E-state index contributed by atoms with van der Waals surface area (Å²) < 4.78 is 5.52. The zero-order chi connectivity index (χ0) is 21.0. The Kier molecular flexibility index (Phi) is 6.37. The van der Waals surface area contributed by atoms with E-state index in [1.165, 1.54) is 4.90 Å². The van der Waals surface area contributed by atoms with E-state index >= 15 is 0 Å². The monoisotopic (exact) mass is 392 g/mol. The van der Waals surface area contributed by atoms with Gasteiger partial charge in [-0.15, -0.1) is 0 Å². The van der Waals surface area contributed by atoms with Crippen molar-refractivity contribution >= 4 is 17.4 Å². The lowest BCUT2D eigenvalue weighted by Gasteiger charge is -2.25. The number of hydrogen-bond donors (Lipinski definition) is 0. The van der Waals surface area contributed by atoms with Crippen molar-refractivity contribution in [3.05, 3.63) is 71.4 Å². The fourth-order valence-electron chi connectivity index (χ4n) is 3.59. The van der Waals surface area contributed by atoms with Crippen LogP contribution >= 0.6 is 0 Å². The third-order valence-electron chi connectivity index (χ3n) is 4.98. The van der Waals surface area contributed by atoms with Gasteiger partial charge in [0.25, 0.3) is 11.8 Å². The molecular weight excluding hydrogens is 364 g/mol. The number of amides is 2. The van der Waals surface area contributed by atoms with Crippen LogP contribution < -0.4 is 4.74 Å². The molecule has 0 bridgehead atoms. The smallest absolute Gasteiger partial charge is 0.278 e. The highest BCUT2D eigenvalue weighted by Crippen LogP contribution is 2.34. The standard InChI is InChI=1S/C24H28N2O3/c1-5-25(16-18-10-8-7-9-11-18)22-21(23(27)26(17(3)4)24(22)28)19-12-14-20(15-13-19)29-6-2/h7-15,17H,5-6,16H2,1-4H3. The maximum absolute atomic E-state index is 13.3. The number of imide groups is 1. The Balaban J connectivity index is 2.07. The molecule has 0 radical (unpaired) electrons. The van der Waals surface area contributed by atoms with Crippen LogP contribution in [0.1, 0.15) is 38.8 Å². The van der Waals surface area contributed by atoms with Crippen LogP contribution in [0.25, 0.3) is 5.57 Å². The van der Waals surface area contributed by atoms with E-state index < -0.39 is 0 Å². The molecule has 0 spiro atoms. The van der Waals surface area contributed by atoms with Crippen molar-refractivity contribution in [2.45, 2.75) is 40.3 Å². The molecule has 0 saturated heterocycles. The van der Waals surface area contributed by atoms with Crippen LogP contribution in [-0.4, -0.2) is 40.8 Å². The predicted octanol–water partition coefficient (Wildman–Crippen LogP) is 4.10. The number of nitrogens with zero attached hydrogens (tertiary/aromatic N) is 2. The van der Waals surface area contributed by atoms with Gasteiger partial charge in [0.2, 0.25) is 0 Å². The molecule has 0 N–H and O–H groups in total.